The second kappa shape index (κ2) is 9.49. The van der Waals surface area contributed by atoms with Gasteiger partial charge in [0, 0.05) is 22.2 Å². The molecule has 0 aliphatic heterocycles. The summed E-state index contributed by atoms with van der Waals surface area (Å²) in [5.41, 5.74) is 11.4. The maximum Gasteiger partial charge on any atom is 0.0974 e. The van der Waals surface area contributed by atoms with Crippen molar-refractivity contribution in [2.24, 2.45) is 0 Å². The molecule has 0 saturated heterocycles. The van der Waals surface area contributed by atoms with Crippen molar-refractivity contribution in [3.63, 3.8) is 0 Å². The minimum absolute atomic E-state index is 0.878. The van der Waals surface area contributed by atoms with Gasteiger partial charge < -0.3 is 0 Å². The molecule has 0 saturated carbocycles. The summed E-state index contributed by atoms with van der Waals surface area (Å²) in [6.45, 7) is 4.20. The van der Waals surface area contributed by atoms with Gasteiger partial charge in [0.2, 0.25) is 0 Å². The van der Waals surface area contributed by atoms with E-state index in [-0.39, 0.29) is 0 Å². The van der Waals surface area contributed by atoms with Crippen molar-refractivity contribution in [3.8, 4) is 33.4 Å². The number of fused-ring (bicyclic) bond motifs is 4. The van der Waals surface area contributed by atoms with E-state index in [2.05, 4.69) is 128 Å². The van der Waals surface area contributed by atoms with Gasteiger partial charge in [0.05, 0.1) is 11.0 Å². The van der Waals surface area contributed by atoms with E-state index in [1.807, 2.05) is 6.92 Å². The van der Waals surface area contributed by atoms with Crippen LogP contribution in [0.1, 0.15) is 18.3 Å². The number of benzene rings is 5. The molecule has 0 N–H and O–H groups in total. The molecule has 39 heavy (non-hydrogen) atoms. The molecule has 0 aliphatic carbocycles. The Kier molecular flexibility index (Phi) is 5.67. The van der Waals surface area contributed by atoms with E-state index in [0.717, 1.165) is 39.6 Å². The van der Waals surface area contributed by atoms with Crippen LogP contribution in [0.3, 0.4) is 0 Å². The molecule has 0 radical (unpaired) electrons. The van der Waals surface area contributed by atoms with Crippen molar-refractivity contribution in [2.75, 3.05) is 0 Å². The maximum atomic E-state index is 5.02. The quantitative estimate of drug-likeness (QED) is 0.225. The highest BCUT2D eigenvalue weighted by molar-refractivity contribution is 6.09. The Balaban J connectivity index is 1.36. The molecule has 0 unspecified atom stereocenters. The van der Waals surface area contributed by atoms with E-state index >= 15 is 0 Å². The molecule has 2 heteroatoms. The van der Waals surface area contributed by atoms with Crippen LogP contribution in [-0.2, 0) is 6.42 Å². The number of hydrogen-bond acceptors (Lipinski definition) is 2. The number of rotatable bonds is 4. The average molecular weight is 501 g/mol. The van der Waals surface area contributed by atoms with Gasteiger partial charge in [-0.25, -0.2) is 0 Å². The zero-order valence-electron chi connectivity index (χ0n) is 22.1. The molecular weight excluding hydrogens is 472 g/mol. The average Bonchev–Trinajstić information content (AvgIpc) is 3.00. The fraction of sp³-hybridized carbons (Fsp3) is 0.0811. The first-order valence-corrected chi connectivity index (χ1v) is 13.6. The van der Waals surface area contributed by atoms with E-state index in [1.54, 1.807) is 0 Å². The van der Waals surface area contributed by atoms with Gasteiger partial charge >= 0.3 is 0 Å². The lowest BCUT2D eigenvalue weighted by Gasteiger charge is -2.14. The topological polar surface area (TPSA) is 25.8 Å². The predicted molar refractivity (Wildman–Crippen MR) is 165 cm³/mol. The highest BCUT2D eigenvalue weighted by Crippen LogP contribution is 2.37. The molecule has 186 valence electrons. The normalized spacial score (nSPS) is 11.4. The van der Waals surface area contributed by atoms with Crippen molar-refractivity contribution in [1.82, 2.24) is 9.97 Å². The third kappa shape index (κ3) is 4.06. The molecule has 2 aromatic heterocycles. The van der Waals surface area contributed by atoms with Gasteiger partial charge in [-0.15, -0.1) is 0 Å². The van der Waals surface area contributed by atoms with Crippen LogP contribution in [0.2, 0.25) is 0 Å². The first-order valence-electron chi connectivity index (χ1n) is 13.6. The molecule has 0 atom stereocenters. The van der Waals surface area contributed by atoms with Gasteiger partial charge in [0.25, 0.3) is 0 Å². The molecule has 2 nitrogen and oxygen atoms in total. The summed E-state index contributed by atoms with van der Waals surface area (Å²) in [4.78, 5) is 9.88. The third-order valence-electron chi connectivity index (χ3n) is 7.71. The molecular formula is C37H28N2. The van der Waals surface area contributed by atoms with E-state index in [9.17, 15) is 0 Å². The van der Waals surface area contributed by atoms with E-state index in [0.29, 0.717) is 0 Å². The summed E-state index contributed by atoms with van der Waals surface area (Å²) in [6, 6.07) is 43.7. The number of pyridine rings is 2. The molecule has 0 amide bonds. The minimum Gasteiger partial charge on any atom is -0.251 e. The Bertz CT molecular complexity index is 1990. The minimum atomic E-state index is 0.878. The maximum absolute atomic E-state index is 5.02. The summed E-state index contributed by atoms with van der Waals surface area (Å²) in [5.74, 6) is 0. The SMILES string of the molecule is CCc1cc(-c2ccc(-c3ccc(-c4ccccc4)c4ccccc34)cc2)c2ccc3ccc(C)nc3c2n1. The summed E-state index contributed by atoms with van der Waals surface area (Å²) in [5, 5.41) is 4.80. The largest absolute Gasteiger partial charge is 0.251 e. The van der Waals surface area contributed by atoms with E-state index < -0.39 is 0 Å². The first-order chi connectivity index (χ1) is 19.2. The molecule has 2 heterocycles. The van der Waals surface area contributed by atoms with E-state index in [4.69, 9.17) is 9.97 Å². The summed E-state index contributed by atoms with van der Waals surface area (Å²) in [6.07, 6.45) is 0.878. The van der Waals surface area contributed by atoms with E-state index in [1.165, 1.54) is 44.2 Å². The summed E-state index contributed by atoms with van der Waals surface area (Å²) >= 11 is 0. The van der Waals surface area contributed by atoms with Crippen LogP contribution >= 0.6 is 0 Å². The van der Waals surface area contributed by atoms with Crippen LogP contribution in [0, 0.1) is 6.92 Å². The van der Waals surface area contributed by atoms with Gasteiger partial charge in [-0.1, -0.05) is 116 Å². The van der Waals surface area contributed by atoms with Crippen LogP contribution in [-0.4, -0.2) is 9.97 Å². The molecule has 0 fully saturated rings. The van der Waals surface area contributed by atoms with Crippen molar-refractivity contribution >= 4 is 32.6 Å². The standard InChI is InChI=1S/C37H28N2/c1-3-29-23-35(34-20-19-28-14-13-24(2)38-36(28)37(34)39-29)27-17-15-26(16-18-27)31-22-21-30(25-9-5-4-6-10-25)32-11-7-8-12-33(31)32/h4-23H,3H2,1-2H3. The van der Waals surface area contributed by atoms with Crippen LogP contribution in [0.25, 0.3) is 66.0 Å². The number of aryl methyl sites for hydroxylation is 2. The highest BCUT2D eigenvalue weighted by Gasteiger charge is 2.13. The Morgan fingerprint density at radius 1 is 0.487 bits per heavy atom. The van der Waals surface area contributed by atoms with Crippen LogP contribution in [0.4, 0.5) is 0 Å². The Hall–Kier alpha value is -4.82. The Morgan fingerprint density at radius 3 is 1.74 bits per heavy atom. The number of aromatic nitrogens is 2. The second-order valence-corrected chi connectivity index (χ2v) is 10.2. The number of hydrogen-bond donors (Lipinski definition) is 0. The zero-order chi connectivity index (χ0) is 26.3. The lowest BCUT2D eigenvalue weighted by molar-refractivity contribution is 1.06. The van der Waals surface area contributed by atoms with Crippen molar-refractivity contribution in [1.29, 1.82) is 0 Å². The van der Waals surface area contributed by atoms with Crippen LogP contribution < -0.4 is 0 Å². The second-order valence-electron chi connectivity index (χ2n) is 10.2. The predicted octanol–water partition coefficient (Wildman–Crippen LogP) is 9.81. The lowest BCUT2D eigenvalue weighted by Crippen LogP contribution is -1.95. The van der Waals surface area contributed by atoms with Gasteiger partial charge in [0.1, 0.15) is 0 Å². The molecule has 0 bridgehead atoms. The smallest absolute Gasteiger partial charge is 0.0974 e. The Morgan fingerprint density at radius 2 is 1.08 bits per heavy atom. The van der Waals surface area contributed by atoms with Gasteiger partial charge in [-0.3, -0.25) is 9.97 Å². The first kappa shape index (κ1) is 23.3. The fourth-order valence-electron chi connectivity index (χ4n) is 5.69. The lowest BCUT2D eigenvalue weighted by atomic mass is 9.91. The molecule has 5 aromatic carbocycles. The van der Waals surface area contributed by atoms with Gasteiger partial charge in [0.15, 0.2) is 0 Å². The van der Waals surface area contributed by atoms with Crippen molar-refractivity contribution in [2.45, 2.75) is 20.3 Å². The van der Waals surface area contributed by atoms with Crippen molar-refractivity contribution < 1.29 is 0 Å². The zero-order valence-corrected chi connectivity index (χ0v) is 22.1. The number of nitrogens with zero attached hydrogens (tertiary/aromatic N) is 2. The summed E-state index contributed by atoms with van der Waals surface area (Å²) in [7, 11) is 0. The van der Waals surface area contributed by atoms with Crippen molar-refractivity contribution in [3.05, 3.63) is 133 Å². The molecule has 0 aliphatic rings. The van der Waals surface area contributed by atoms with Gasteiger partial charge in [-0.2, -0.15) is 0 Å². The summed E-state index contributed by atoms with van der Waals surface area (Å²) < 4.78 is 0. The van der Waals surface area contributed by atoms with Crippen LogP contribution in [0.15, 0.2) is 121 Å². The molecule has 0 spiro atoms. The monoisotopic (exact) mass is 500 g/mol. The third-order valence-corrected chi connectivity index (χ3v) is 7.71. The Labute approximate surface area is 228 Å². The van der Waals surface area contributed by atoms with Crippen LogP contribution in [0.5, 0.6) is 0 Å². The molecule has 7 aromatic rings. The highest BCUT2D eigenvalue weighted by atomic mass is 14.8. The fourth-order valence-corrected chi connectivity index (χ4v) is 5.69. The molecule has 7 rings (SSSR count). The van der Waals surface area contributed by atoms with Gasteiger partial charge in [-0.05, 0) is 69.6 Å².